The Balaban J connectivity index is 2.07. The lowest BCUT2D eigenvalue weighted by Crippen LogP contribution is -2.51. The van der Waals surface area contributed by atoms with Crippen molar-refractivity contribution in [3.63, 3.8) is 0 Å². The Bertz CT molecular complexity index is 474. The van der Waals surface area contributed by atoms with Crippen LogP contribution in [-0.2, 0) is 0 Å². The van der Waals surface area contributed by atoms with Gasteiger partial charge in [0.1, 0.15) is 0 Å². The van der Waals surface area contributed by atoms with Crippen LogP contribution in [0, 0.1) is 13.8 Å². The number of nitrogens with one attached hydrogen (secondary N) is 1. The lowest BCUT2D eigenvalue weighted by Gasteiger charge is -2.39. The molecule has 1 saturated heterocycles. The van der Waals surface area contributed by atoms with Gasteiger partial charge in [0, 0.05) is 24.2 Å². The number of piperidine rings is 1. The number of hydrogen-bond acceptors (Lipinski definition) is 2. The maximum Gasteiger partial charge on any atom is 0.253 e. The van der Waals surface area contributed by atoms with Crippen LogP contribution >= 0.6 is 0 Å². The quantitative estimate of drug-likeness (QED) is 0.886. The number of amides is 1. The van der Waals surface area contributed by atoms with Gasteiger partial charge in [-0.25, -0.2) is 0 Å². The molecular formula is C16H24N2O. The summed E-state index contributed by atoms with van der Waals surface area (Å²) in [7, 11) is 2.00. The first kappa shape index (κ1) is 14.1. The zero-order valence-corrected chi connectivity index (χ0v) is 12.4. The molecule has 0 atom stereocenters. The van der Waals surface area contributed by atoms with E-state index in [1.54, 1.807) is 0 Å². The minimum atomic E-state index is 0.168. The number of likely N-dealkylation sites (tertiary alicyclic amines) is 1. The summed E-state index contributed by atoms with van der Waals surface area (Å²) in [6.07, 6.45) is 2.03. The van der Waals surface area contributed by atoms with Gasteiger partial charge in [-0.05, 0) is 63.9 Å². The number of carbonyl (C=O) groups is 1. The summed E-state index contributed by atoms with van der Waals surface area (Å²) in [6.45, 7) is 8.03. The highest BCUT2D eigenvalue weighted by Crippen LogP contribution is 2.22. The maximum absolute atomic E-state index is 12.5. The third-order valence-electron chi connectivity index (χ3n) is 4.51. The molecule has 3 heteroatoms. The van der Waals surface area contributed by atoms with E-state index < -0.39 is 0 Å². The molecule has 1 amide bonds. The van der Waals surface area contributed by atoms with E-state index in [0.29, 0.717) is 0 Å². The zero-order chi connectivity index (χ0) is 14.0. The lowest BCUT2D eigenvalue weighted by atomic mass is 9.89. The van der Waals surface area contributed by atoms with Crippen LogP contribution in [0.1, 0.15) is 41.3 Å². The van der Waals surface area contributed by atoms with E-state index in [0.717, 1.165) is 31.5 Å². The van der Waals surface area contributed by atoms with Crippen LogP contribution in [0.2, 0.25) is 0 Å². The average molecular weight is 260 g/mol. The van der Waals surface area contributed by atoms with Crippen LogP contribution < -0.4 is 5.32 Å². The summed E-state index contributed by atoms with van der Waals surface area (Å²) < 4.78 is 0. The van der Waals surface area contributed by atoms with Crippen molar-refractivity contribution in [1.82, 2.24) is 10.2 Å². The third kappa shape index (κ3) is 2.98. The molecule has 1 fully saturated rings. The average Bonchev–Trinajstić information content (AvgIpc) is 2.42. The van der Waals surface area contributed by atoms with Crippen molar-refractivity contribution in [2.75, 3.05) is 20.1 Å². The predicted molar refractivity (Wildman–Crippen MR) is 78.5 cm³/mol. The molecule has 0 bridgehead atoms. The normalized spacial score (nSPS) is 18.4. The molecule has 0 saturated carbocycles. The maximum atomic E-state index is 12.5. The molecule has 104 valence electrons. The van der Waals surface area contributed by atoms with Gasteiger partial charge in [-0.2, -0.15) is 0 Å². The summed E-state index contributed by atoms with van der Waals surface area (Å²) in [6, 6.07) is 5.98. The first-order valence-corrected chi connectivity index (χ1v) is 7.01. The second kappa shape index (κ2) is 5.33. The Morgan fingerprint density at radius 2 is 1.84 bits per heavy atom. The molecule has 1 aliphatic rings. The Morgan fingerprint density at radius 3 is 2.37 bits per heavy atom. The van der Waals surface area contributed by atoms with E-state index >= 15 is 0 Å². The van der Waals surface area contributed by atoms with Crippen molar-refractivity contribution in [2.24, 2.45) is 0 Å². The third-order valence-corrected chi connectivity index (χ3v) is 4.51. The lowest BCUT2D eigenvalue weighted by molar-refractivity contribution is 0.0661. The van der Waals surface area contributed by atoms with Gasteiger partial charge < -0.3 is 10.2 Å². The van der Waals surface area contributed by atoms with Crippen LogP contribution in [0.15, 0.2) is 18.2 Å². The Labute approximate surface area is 116 Å². The molecule has 0 aromatic heterocycles. The molecule has 2 rings (SSSR count). The standard InChI is InChI=1S/C16H24N2O/c1-12-5-6-14(11-13(12)2)15(19)18-9-7-16(3,17-4)8-10-18/h5-6,11,17H,7-10H2,1-4H3. The van der Waals surface area contributed by atoms with Gasteiger partial charge in [-0.1, -0.05) is 6.07 Å². The second-order valence-electron chi connectivity index (χ2n) is 5.90. The summed E-state index contributed by atoms with van der Waals surface area (Å²) in [4.78, 5) is 14.4. The predicted octanol–water partition coefficient (Wildman–Crippen LogP) is 2.52. The van der Waals surface area contributed by atoms with Crippen molar-refractivity contribution < 1.29 is 4.79 Å². The van der Waals surface area contributed by atoms with Gasteiger partial charge in [-0.3, -0.25) is 4.79 Å². The molecule has 0 unspecified atom stereocenters. The highest BCUT2D eigenvalue weighted by atomic mass is 16.2. The summed E-state index contributed by atoms with van der Waals surface area (Å²) in [5.74, 6) is 0.168. The first-order valence-electron chi connectivity index (χ1n) is 7.01. The fourth-order valence-corrected chi connectivity index (χ4v) is 2.51. The van der Waals surface area contributed by atoms with Crippen molar-refractivity contribution in [1.29, 1.82) is 0 Å². The van der Waals surface area contributed by atoms with Gasteiger partial charge in [0.25, 0.3) is 5.91 Å². The van der Waals surface area contributed by atoms with Crippen molar-refractivity contribution in [3.05, 3.63) is 34.9 Å². The van der Waals surface area contributed by atoms with Crippen molar-refractivity contribution in [3.8, 4) is 0 Å². The Kier molecular flexibility index (Phi) is 3.95. The van der Waals surface area contributed by atoms with Gasteiger partial charge in [0.05, 0.1) is 0 Å². The summed E-state index contributed by atoms with van der Waals surface area (Å²) >= 11 is 0. The van der Waals surface area contributed by atoms with Crippen LogP contribution in [0.3, 0.4) is 0 Å². The number of aryl methyl sites for hydroxylation is 2. The molecule has 1 aromatic rings. The van der Waals surface area contributed by atoms with Crippen LogP contribution in [0.4, 0.5) is 0 Å². The van der Waals surface area contributed by atoms with E-state index in [-0.39, 0.29) is 11.4 Å². The SMILES string of the molecule is CNC1(C)CCN(C(=O)c2ccc(C)c(C)c2)CC1. The van der Waals surface area contributed by atoms with Crippen LogP contribution in [0.25, 0.3) is 0 Å². The fraction of sp³-hybridized carbons (Fsp3) is 0.562. The van der Waals surface area contributed by atoms with Crippen molar-refractivity contribution >= 4 is 5.91 Å². The van der Waals surface area contributed by atoms with E-state index in [9.17, 15) is 4.79 Å². The largest absolute Gasteiger partial charge is 0.339 e. The van der Waals surface area contributed by atoms with Crippen LogP contribution in [-0.4, -0.2) is 36.5 Å². The van der Waals surface area contributed by atoms with Gasteiger partial charge in [0.2, 0.25) is 0 Å². The molecule has 1 N–H and O–H groups in total. The smallest absolute Gasteiger partial charge is 0.253 e. The molecule has 0 spiro atoms. The second-order valence-corrected chi connectivity index (χ2v) is 5.90. The molecule has 19 heavy (non-hydrogen) atoms. The molecule has 3 nitrogen and oxygen atoms in total. The Hall–Kier alpha value is -1.35. The van der Waals surface area contributed by atoms with E-state index in [1.165, 1.54) is 11.1 Å². The van der Waals surface area contributed by atoms with Crippen LogP contribution in [0.5, 0.6) is 0 Å². The van der Waals surface area contributed by atoms with Crippen molar-refractivity contribution in [2.45, 2.75) is 39.2 Å². The number of carbonyl (C=O) groups excluding carboxylic acids is 1. The summed E-state index contributed by atoms with van der Waals surface area (Å²) in [5.41, 5.74) is 3.41. The van der Waals surface area contributed by atoms with E-state index in [4.69, 9.17) is 0 Å². The minimum absolute atomic E-state index is 0.168. The van der Waals surface area contributed by atoms with Gasteiger partial charge in [-0.15, -0.1) is 0 Å². The molecular weight excluding hydrogens is 236 g/mol. The Morgan fingerprint density at radius 1 is 1.21 bits per heavy atom. The first-order chi connectivity index (χ1) is 8.95. The molecule has 1 aromatic carbocycles. The number of hydrogen-bond donors (Lipinski definition) is 1. The van der Waals surface area contributed by atoms with E-state index in [1.807, 2.05) is 30.1 Å². The van der Waals surface area contributed by atoms with E-state index in [2.05, 4.69) is 26.1 Å². The highest BCUT2D eigenvalue weighted by molar-refractivity contribution is 5.94. The molecule has 1 aliphatic heterocycles. The fourth-order valence-electron chi connectivity index (χ4n) is 2.51. The zero-order valence-electron chi connectivity index (χ0n) is 12.4. The topological polar surface area (TPSA) is 32.3 Å². The highest BCUT2D eigenvalue weighted by Gasteiger charge is 2.30. The molecule has 0 radical (unpaired) electrons. The monoisotopic (exact) mass is 260 g/mol. The molecule has 1 heterocycles. The number of benzene rings is 1. The minimum Gasteiger partial charge on any atom is -0.339 e. The molecule has 0 aliphatic carbocycles. The number of rotatable bonds is 2. The van der Waals surface area contributed by atoms with Gasteiger partial charge >= 0.3 is 0 Å². The summed E-state index contributed by atoms with van der Waals surface area (Å²) in [5, 5.41) is 3.36. The van der Waals surface area contributed by atoms with Gasteiger partial charge in [0.15, 0.2) is 0 Å². The number of nitrogens with zero attached hydrogens (tertiary/aromatic N) is 1.